The summed E-state index contributed by atoms with van der Waals surface area (Å²) in [5.74, 6) is 0.377. The third kappa shape index (κ3) is 1.84. The number of benzene rings is 2. The van der Waals surface area contributed by atoms with Gasteiger partial charge in [-0.1, -0.05) is 18.2 Å². The molecule has 2 nitrogen and oxygen atoms in total. The summed E-state index contributed by atoms with van der Waals surface area (Å²) in [6.45, 7) is 1.96. The molecule has 3 aromatic rings. The summed E-state index contributed by atoms with van der Waals surface area (Å²) in [6.07, 6.45) is 0. The van der Waals surface area contributed by atoms with E-state index in [0.717, 1.165) is 22.2 Å². The molecule has 0 aliphatic heterocycles. The Morgan fingerprint density at radius 1 is 0.889 bits per heavy atom. The lowest BCUT2D eigenvalue weighted by Gasteiger charge is -2.05. The van der Waals surface area contributed by atoms with E-state index in [1.807, 2.05) is 31.2 Å². The number of aromatic nitrogens is 2. The van der Waals surface area contributed by atoms with Gasteiger partial charge in [-0.2, -0.15) is 0 Å². The van der Waals surface area contributed by atoms with Gasteiger partial charge in [-0.05, 0) is 37.3 Å². The van der Waals surface area contributed by atoms with Gasteiger partial charge in [0.25, 0.3) is 0 Å². The first-order chi connectivity index (χ1) is 8.74. The molecule has 0 atom stereocenters. The Balaban J connectivity index is 2.21. The number of rotatable bonds is 1. The predicted molar refractivity (Wildman–Crippen MR) is 69.7 cm³/mol. The lowest BCUT2D eigenvalue weighted by atomic mass is 10.1. The first kappa shape index (κ1) is 10.8. The molecule has 18 heavy (non-hydrogen) atoms. The van der Waals surface area contributed by atoms with Gasteiger partial charge in [0.05, 0.1) is 5.52 Å². The van der Waals surface area contributed by atoms with Gasteiger partial charge >= 0.3 is 0 Å². The number of hydrogen-bond acceptors (Lipinski definition) is 2. The lowest BCUT2D eigenvalue weighted by molar-refractivity contribution is 0.628. The van der Waals surface area contributed by atoms with Crippen LogP contribution < -0.4 is 0 Å². The molecule has 0 radical (unpaired) electrons. The van der Waals surface area contributed by atoms with Gasteiger partial charge in [0, 0.05) is 16.6 Å². The van der Waals surface area contributed by atoms with Crippen LogP contribution in [0, 0.1) is 12.7 Å². The van der Waals surface area contributed by atoms with Gasteiger partial charge in [0.2, 0.25) is 0 Å². The summed E-state index contributed by atoms with van der Waals surface area (Å²) in [5.41, 5.74) is 2.66. The van der Waals surface area contributed by atoms with Crippen LogP contribution >= 0.6 is 0 Å². The topological polar surface area (TPSA) is 25.8 Å². The standard InChI is InChI=1S/C15H11FN2/c1-10-13-4-2-3-5-14(13)18-15(17-10)11-6-8-12(16)9-7-11/h2-9H,1H3. The summed E-state index contributed by atoms with van der Waals surface area (Å²) in [4.78, 5) is 8.97. The third-order valence-corrected chi connectivity index (χ3v) is 2.90. The Kier molecular flexibility index (Phi) is 2.52. The van der Waals surface area contributed by atoms with E-state index in [2.05, 4.69) is 9.97 Å². The van der Waals surface area contributed by atoms with Gasteiger partial charge in [0.1, 0.15) is 5.82 Å². The van der Waals surface area contributed by atoms with Crippen molar-refractivity contribution in [3.05, 3.63) is 60.0 Å². The number of fused-ring (bicyclic) bond motifs is 1. The normalized spacial score (nSPS) is 10.8. The largest absolute Gasteiger partial charge is 0.233 e. The molecule has 0 N–H and O–H groups in total. The van der Waals surface area contributed by atoms with Crippen molar-refractivity contribution in [1.82, 2.24) is 9.97 Å². The minimum Gasteiger partial charge on any atom is -0.233 e. The molecule has 1 aromatic heterocycles. The third-order valence-electron chi connectivity index (χ3n) is 2.90. The smallest absolute Gasteiger partial charge is 0.160 e. The summed E-state index contributed by atoms with van der Waals surface area (Å²) < 4.78 is 12.9. The molecule has 88 valence electrons. The van der Waals surface area contributed by atoms with Gasteiger partial charge in [-0.15, -0.1) is 0 Å². The van der Waals surface area contributed by atoms with Crippen LogP contribution in [0.3, 0.4) is 0 Å². The molecule has 3 heteroatoms. The van der Waals surface area contributed by atoms with Crippen LogP contribution in [-0.4, -0.2) is 9.97 Å². The molecule has 0 aliphatic carbocycles. The SMILES string of the molecule is Cc1nc(-c2ccc(F)cc2)nc2ccccc12. The number of halogens is 1. The number of nitrogens with zero attached hydrogens (tertiary/aromatic N) is 2. The maximum Gasteiger partial charge on any atom is 0.160 e. The average molecular weight is 238 g/mol. The highest BCUT2D eigenvalue weighted by Gasteiger charge is 2.06. The number of hydrogen-bond donors (Lipinski definition) is 0. The molecular weight excluding hydrogens is 227 g/mol. The summed E-state index contributed by atoms with van der Waals surface area (Å²) in [6, 6.07) is 14.1. The zero-order valence-electron chi connectivity index (χ0n) is 9.89. The highest BCUT2D eigenvalue weighted by Crippen LogP contribution is 2.21. The van der Waals surface area contributed by atoms with Crippen LogP contribution in [0.15, 0.2) is 48.5 Å². The molecule has 0 amide bonds. The van der Waals surface area contributed by atoms with Crippen molar-refractivity contribution < 1.29 is 4.39 Å². The zero-order valence-corrected chi connectivity index (χ0v) is 9.89. The molecule has 0 spiro atoms. The summed E-state index contributed by atoms with van der Waals surface area (Å²) in [5, 5.41) is 1.04. The molecule has 0 saturated heterocycles. The Hall–Kier alpha value is -2.29. The van der Waals surface area contributed by atoms with E-state index in [-0.39, 0.29) is 5.82 Å². The van der Waals surface area contributed by atoms with E-state index in [1.54, 1.807) is 12.1 Å². The predicted octanol–water partition coefficient (Wildman–Crippen LogP) is 3.74. The van der Waals surface area contributed by atoms with Crippen LogP contribution in [-0.2, 0) is 0 Å². The van der Waals surface area contributed by atoms with Crippen LogP contribution in [0.25, 0.3) is 22.3 Å². The van der Waals surface area contributed by atoms with Gasteiger partial charge in [0.15, 0.2) is 5.82 Å². The van der Waals surface area contributed by atoms with Gasteiger partial charge in [-0.3, -0.25) is 0 Å². The maximum atomic E-state index is 12.9. The van der Waals surface area contributed by atoms with Crippen molar-refractivity contribution in [2.24, 2.45) is 0 Å². The first-order valence-corrected chi connectivity index (χ1v) is 5.73. The Morgan fingerprint density at radius 2 is 1.61 bits per heavy atom. The molecule has 1 heterocycles. The van der Waals surface area contributed by atoms with E-state index >= 15 is 0 Å². The van der Waals surface area contributed by atoms with E-state index in [1.165, 1.54) is 12.1 Å². The summed E-state index contributed by atoms with van der Waals surface area (Å²) in [7, 11) is 0. The van der Waals surface area contributed by atoms with Crippen molar-refractivity contribution in [3.63, 3.8) is 0 Å². The van der Waals surface area contributed by atoms with Crippen molar-refractivity contribution in [2.75, 3.05) is 0 Å². The monoisotopic (exact) mass is 238 g/mol. The Bertz CT molecular complexity index is 705. The Morgan fingerprint density at radius 3 is 2.39 bits per heavy atom. The second kappa shape index (κ2) is 4.18. The van der Waals surface area contributed by atoms with Crippen LogP contribution in [0.1, 0.15) is 5.69 Å². The van der Waals surface area contributed by atoms with E-state index in [0.29, 0.717) is 5.82 Å². The van der Waals surface area contributed by atoms with Gasteiger partial charge < -0.3 is 0 Å². The molecule has 2 aromatic carbocycles. The van der Waals surface area contributed by atoms with Crippen molar-refractivity contribution in [3.8, 4) is 11.4 Å². The van der Waals surface area contributed by atoms with Crippen molar-refractivity contribution in [1.29, 1.82) is 0 Å². The molecule has 3 rings (SSSR count). The minimum atomic E-state index is -0.253. The molecule has 0 unspecified atom stereocenters. The second-order valence-corrected chi connectivity index (χ2v) is 4.16. The van der Waals surface area contributed by atoms with Gasteiger partial charge in [-0.25, -0.2) is 14.4 Å². The maximum absolute atomic E-state index is 12.9. The quantitative estimate of drug-likeness (QED) is 0.645. The molecular formula is C15H11FN2. The highest BCUT2D eigenvalue weighted by molar-refractivity contribution is 5.82. The van der Waals surface area contributed by atoms with Crippen LogP contribution in [0.5, 0.6) is 0 Å². The fourth-order valence-electron chi connectivity index (χ4n) is 1.96. The lowest BCUT2D eigenvalue weighted by Crippen LogP contribution is -1.94. The van der Waals surface area contributed by atoms with Crippen molar-refractivity contribution >= 4 is 10.9 Å². The fraction of sp³-hybridized carbons (Fsp3) is 0.0667. The molecule has 0 bridgehead atoms. The van der Waals surface area contributed by atoms with Crippen LogP contribution in [0.2, 0.25) is 0 Å². The first-order valence-electron chi connectivity index (χ1n) is 5.73. The van der Waals surface area contributed by atoms with Crippen molar-refractivity contribution in [2.45, 2.75) is 6.92 Å². The number of para-hydroxylation sites is 1. The van der Waals surface area contributed by atoms with E-state index in [9.17, 15) is 4.39 Å². The Labute approximate surface area is 104 Å². The van der Waals surface area contributed by atoms with E-state index in [4.69, 9.17) is 0 Å². The number of aryl methyl sites for hydroxylation is 1. The highest BCUT2D eigenvalue weighted by atomic mass is 19.1. The van der Waals surface area contributed by atoms with Crippen LogP contribution in [0.4, 0.5) is 4.39 Å². The zero-order chi connectivity index (χ0) is 12.5. The fourth-order valence-corrected chi connectivity index (χ4v) is 1.96. The second-order valence-electron chi connectivity index (χ2n) is 4.16. The summed E-state index contributed by atoms with van der Waals surface area (Å²) >= 11 is 0. The minimum absolute atomic E-state index is 0.253. The molecule has 0 aliphatic rings. The average Bonchev–Trinajstić information content (AvgIpc) is 2.39. The molecule has 0 fully saturated rings. The molecule has 0 saturated carbocycles. The van der Waals surface area contributed by atoms with E-state index < -0.39 is 0 Å².